The van der Waals surface area contributed by atoms with E-state index in [1.54, 1.807) is 25.1 Å². The van der Waals surface area contributed by atoms with Crippen LogP contribution in [0.15, 0.2) is 24.4 Å². The first-order chi connectivity index (χ1) is 10.6. The van der Waals surface area contributed by atoms with Gasteiger partial charge in [0.1, 0.15) is 6.04 Å². The molecule has 2 aliphatic rings. The summed E-state index contributed by atoms with van der Waals surface area (Å²) in [6, 6.07) is 5.75. The van der Waals surface area contributed by atoms with Crippen molar-refractivity contribution in [3.63, 3.8) is 0 Å². The van der Waals surface area contributed by atoms with Gasteiger partial charge in [0.25, 0.3) is 0 Å². The van der Waals surface area contributed by atoms with Gasteiger partial charge < -0.3 is 10.2 Å². The van der Waals surface area contributed by atoms with Gasteiger partial charge in [0, 0.05) is 45.8 Å². The van der Waals surface area contributed by atoms with Crippen LogP contribution in [-0.2, 0) is 16.1 Å². The SMILES string of the molecule is CNC(=O)[C@H]1C[C@@H]2CN(Cc3ccccn3)C[C@@H]2N1C(C)=O. The molecule has 0 saturated carbocycles. The topological polar surface area (TPSA) is 65.5 Å². The quantitative estimate of drug-likeness (QED) is 0.869. The second-order valence-electron chi connectivity index (χ2n) is 6.13. The standard InChI is InChI=1S/C16H22N4O2/c1-11(21)20-14(16(22)17-2)7-12-8-19(10-15(12)20)9-13-5-3-4-6-18-13/h3-6,12,14-15H,7-10H2,1-2H3,(H,17,22)/t12-,14-,15+/m1/s1. The highest BCUT2D eigenvalue weighted by Gasteiger charge is 2.49. The Morgan fingerprint density at radius 1 is 1.36 bits per heavy atom. The number of hydrogen-bond acceptors (Lipinski definition) is 4. The van der Waals surface area contributed by atoms with Crippen molar-refractivity contribution < 1.29 is 9.59 Å². The van der Waals surface area contributed by atoms with Crippen molar-refractivity contribution in [1.29, 1.82) is 0 Å². The molecule has 2 fully saturated rings. The maximum Gasteiger partial charge on any atom is 0.242 e. The van der Waals surface area contributed by atoms with E-state index in [4.69, 9.17) is 0 Å². The Labute approximate surface area is 130 Å². The largest absolute Gasteiger partial charge is 0.357 e. The number of rotatable bonds is 3. The van der Waals surface area contributed by atoms with E-state index < -0.39 is 0 Å². The van der Waals surface area contributed by atoms with E-state index in [9.17, 15) is 9.59 Å². The minimum absolute atomic E-state index is 0.0132. The number of likely N-dealkylation sites (tertiary alicyclic amines) is 2. The zero-order chi connectivity index (χ0) is 15.7. The fourth-order valence-electron chi connectivity index (χ4n) is 3.82. The molecule has 22 heavy (non-hydrogen) atoms. The zero-order valence-corrected chi connectivity index (χ0v) is 13.0. The molecule has 0 aromatic carbocycles. The fourth-order valence-corrected chi connectivity index (χ4v) is 3.82. The van der Waals surface area contributed by atoms with E-state index in [1.807, 2.05) is 18.2 Å². The Bertz CT molecular complexity index is 563. The normalized spacial score (nSPS) is 27.7. The van der Waals surface area contributed by atoms with Crippen molar-refractivity contribution in [3.8, 4) is 0 Å². The summed E-state index contributed by atoms with van der Waals surface area (Å²) in [6.07, 6.45) is 2.55. The van der Waals surface area contributed by atoms with Gasteiger partial charge in [-0.3, -0.25) is 19.5 Å². The van der Waals surface area contributed by atoms with Crippen molar-refractivity contribution in [2.75, 3.05) is 20.1 Å². The van der Waals surface area contributed by atoms with Gasteiger partial charge in [0.15, 0.2) is 0 Å². The predicted molar refractivity (Wildman–Crippen MR) is 81.8 cm³/mol. The Morgan fingerprint density at radius 3 is 2.82 bits per heavy atom. The van der Waals surface area contributed by atoms with Crippen LogP contribution in [-0.4, -0.2) is 58.8 Å². The van der Waals surface area contributed by atoms with Gasteiger partial charge in [-0.15, -0.1) is 0 Å². The molecule has 0 unspecified atom stereocenters. The molecule has 1 aromatic heterocycles. The molecule has 0 bridgehead atoms. The van der Waals surface area contributed by atoms with Crippen LogP contribution in [0.1, 0.15) is 19.0 Å². The molecule has 1 N–H and O–H groups in total. The molecule has 0 aliphatic carbocycles. The Morgan fingerprint density at radius 2 is 2.18 bits per heavy atom. The average molecular weight is 302 g/mol. The van der Waals surface area contributed by atoms with Gasteiger partial charge in [0.05, 0.1) is 5.69 Å². The molecule has 2 amide bonds. The number of aromatic nitrogens is 1. The first kappa shape index (κ1) is 15.0. The maximum absolute atomic E-state index is 12.0. The number of nitrogens with one attached hydrogen (secondary N) is 1. The third-order valence-electron chi connectivity index (χ3n) is 4.73. The minimum atomic E-state index is -0.311. The lowest BCUT2D eigenvalue weighted by molar-refractivity contribution is -0.138. The van der Waals surface area contributed by atoms with E-state index >= 15 is 0 Å². The molecule has 118 valence electrons. The molecular weight excluding hydrogens is 280 g/mol. The highest BCUT2D eigenvalue weighted by molar-refractivity contribution is 5.87. The Kier molecular flexibility index (Phi) is 4.11. The van der Waals surface area contributed by atoms with Gasteiger partial charge in [-0.05, 0) is 24.5 Å². The molecule has 0 spiro atoms. The van der Waals surface area contributed by atoms with Gasteiger partial charge >= 0.3 is 0 Å². The Hall–Kier alpha value is -1.95. The molecule has 6 nitrogen and oxygen atoms in total. The van der Waals surface area contributed by atoms with Crippen molar-refractivity contribution in [1.82, 2.24) is 20.1 Å². The van der Waals surface area contributed by atoms with Crippen molar-refractivity contribution in [2.45, 2.75) is 32.0 Å². The summed E-state index contributed by atoms with van der Waals surface area (Å²) in [6.45, 7) is 4.08. The van der Waals surface area contributed by atoms with Crippen LogP contribution in [0, 0.1) is 5.92 Å². The van der Waals surface area contributed by atoms with Crippen LogP contribution >= 0.6 is 0 Å². The monoisotopic (exact) mass is 302 g/mol. The van der Waals surface area contributed by atoms with E-state index in [2.05, 4.69) is 15.2 Å². The van der Waals surface area contributed by atoms with Crippen molar-refractivity contribution in [3.05, 3.63) is 30.1 Å². The van der Waals surface area contributed by atoms with Gasteiger partial charge in [0.2, 0.25) is 11.8 Å². The van der Waals surface area contributed by atoms with Crippen LogP contribution in [0.4, 0.5) is 0 Å². The number of pyridine rings is 1. The number of carbonyl (C=O) groups excluding carboxylic acids is 2. The summed E-state index contributed by atoms with van der Waals surface area (Å²) < 4.78 is 0. The molecule has 3 rings (SSSR count). The summed E-state index contributed by atoms with van der Waals surface area (Å²) >= 11 is 0. The zero-order valence-electron chi connectivity index (χ0n) is 13.0. The highest BCUT2D eigenvalue weighted by atomic mass is 16.2. The average Bonchev–Trinajstić information content (AvgIpc) is 3.03. The molecule has 2 saturated heterocycles. The van der Waals surface area contributed by atoms with Crippen LogP contribution < -0.4 is 5.32 Å². The van der Waals surface area contributed by atoms with E-state index in [0.29, 0.717) is 5.92 Å². The summed E-state index contributed by atoms with van der Waals surface area (Å²) in [4.78, 5) is 32.5. The lowest BCUT2D eigenvalue weighted by atomic mass is 10.0. The van der Waals surface area contributed by atoms with E-state index in [1.165, 1.54) is 0 Å². The summed E-state index contributed by atoms with van der Waals surface area (Å²) in [5.74, 6) is 0.302. The smallest absolute Gasteiger partial charge is 0.242 e. The minimum Gasteiger partial charge on any atom is -0.357 e. The molecule has 1 aromatic rings. The highest BCUT2D eigenvalue weighted by Crippen LogP contribution is 2.36. The number of nitrogens with zero attached hydrogens (tertiary/aromatic N) is 3. The number of likely N-dealkylation sites (N-methyl/N-ethyl adjacent to an activating group) is 1. The summed E-state index contributed by atoms with van der Waals surface area (Å²) in [5.41, 5.74) is 1.04. The predicted octanol–water partition coefficient (Wildman–Crippen LogP) is 0.249. The van der Waals surface area contributed by atoms with E-state index in [0.717, 1.165) is 31.7 Å². The molecular formula is C16H22N4O2. The lowest BCUT2D eigenvalue weighted by Crippen LogP contribution is -2.49. The third kappa shape index (κ3) is 2.70. The number of fused-ring (bicyclic) bond motifs is 1. The molecule has 2 aliphatic heterocycles. The molecule has 3 heterocycles. The van der Waals surface area contributed by atoms with Crippen LogP contribution in [0.3, 0.4) is 0 Å². The van der Waals surface area contributed by atoms with Gasteiger partial charge in [-0.1, -0.05) is 6.07 Å². The van der Waals surface area contributed by atoms with Crippen LogP contribution in [0.25, 0.3) is 0 Å². The second kappa shape index (κ2) is 6.04. The Balaban J connectivity index is 1.70. The number of amides is 2. The van der Waals surface area contributed by atoms with E-state index in [-0.39, 0.29) is 23.9 Å². The third-order valence-corrected chi connectivity index (χ3v) is 4.73. The number of carbonyl (C=O) groups is 2. The first-order valence-corrected chi connectivity index (χ1v) is 7.73. The summed E-state index contributed by atoms with van der Waals surface area (Å²) in [5, 5.41) is 2.68. The second-order valence-corrected chi connectivity index (χ2v) is 6.13. The fraction of sp³-hybridized carbons (Fsp3) is 0.562. The number of hydrogen-bond donors (Lipinski definition) is 1. The first-order valence-electron chi connectivity index (χ1n) is 7.73. The maximum atomic E-state index is 12.0. The molecule has 0 radical (unpaired) electrons. The molecule has 3 atom stereocenters. The summed E-state index contributed by atoms with van der Waals surface area (Å²) in [7, 11) is 1.63. The van der Waals surface area contributed by atoms with Gasteiger partial charge in [-0.25, -0.2) is 0 Å². The van der Waals surface area contributed by atoms with Gasteiger partial charge in [-0.2, -0.15) is 0 Å². The molecule has 6 heteroatoms. The van der Waals surface area contributed by atoms with Crippen LogP contribution in [0.2, 0.25) is 0 Å². The van der Waals surface area contributed by atoms with Crippen LogP contribution in [0.5, 0.6) is 0 Å². The van der Waals surface area contributed by atoms with Crippen molar-refractivity contribution >= 4 is 11.8 Å². The van der Waals surface area contributed by atoms with Crippen molar-refractivity contribution in [2.24, 2.45) is 5.92 Å². The lowest BCUT2D eigenvalue weighted by Gasteiger charge is -2.28.